The predicted molar refractivity (Wildman–Crippen MR) is 82.1 cm³/mol. The molecule has 0 rings (SSSR count). The highest BCUT2D eigenvalue weighted by molar-refractivity contribution is 7.54. The molecule has 0 saturated carbocycles. The lowest BCUT2D eigenvalue weighted by Gasteiger charge is -2.26. The quantitative estimate of drug-likeness (QED) is 0.578. The molecule has 0 aliphatic carbocycles. The maximum absolute atomic E-state index is 12.8. The van der Waals surface area contributed by atoms with Crippen molar-refractivity contribution in [1.29, 1.82) is 0 Å². The molecular formula is C14H30NO4P. The lowest BCUT2D eigenvalue weighted by molar-refractivity contribution is -0.128. The van der Waals surface area contributed by atoms with Gasteiger partial charge in [-0.05, 0) is 40.5 Å². The monoisotopic (exact) mass is 307 g/mol. The Hall–Kier alpha value is -0.380. The molecule has 0 aromatic carbocycles. The van der Waals surface area contributed by atoms with Crippen molar-refractivity contribution in [2.24, 2.45) is 0 Å². The van der Waals surface area contributed by atoms with Gasteiger partial charge in [0.2, 0.25) is 5.91 Å². The van der Waals surface area contributed by atoms with Crippen molar-refractivity contribution in [1.82, 2.24) is 4.90 Å². The average Bonchev–Trinajstić information content (AvgIpc) is 2.39. The molecular weight excluding hydrogens is 277 g/mol. The first-order chi connectivity index (χ1) is 9.31. The van der Waals surface area contributed by atoms with Crippen molar-refractivity contribution in [3.8, 4) is 0 Å². The molecule has 0 heterocycles. The Kier molecular flexibility index (Phi) is 9.36. The number of carbonyl (C=O) groups is 1. The fourth-order valence-electron chi connectivity index (χ4n) is 1.64. The number of amides is 1. The predicted octanol–water partition coefficient (Wildman–Crippen LogP) is 3.68. The van der Waals surface area contributed by atoms with Crippen LogP contribution < -0.4 is 0 Å². The van der Waals surface area contributed by atoms with Crippen molar-refractivity contribution in [2.45, 2.75) is 66.6 Å². The Morgan fingerprint density at radius 3 is 1.70 bits per heavy atom. The third-order valence-electron chi connectivity index (χ3n) is 3.28. The minimum Gasteiger partial charge on any atom is -0.343 e. The SMILES string of the molecule is CCC(C)OP(=O)(CC(=O)N(CC)CC)OC(C)CC. The topological polar surface area (TPSA) is 55.8 Å². The molecule has 0 bridgehead atoms. The minimum atomic E-state index is -3.39. The fourth-order valence-corrected chi connectivity index (χ4v) is 3.76. The normalized spacial score (nSPS) is 17.3. The van der Waals surface area contributed by atoms with Crippen molar-refractivity contribution in [3.05, 3.63) is 0 Å². The highest BCUT2D eigenvalue weighted by atomic mass is 31.2. The van der Waals surface area contributed by atoms with Gasteiger partial charge in [0.1, 0.15) is 6.16 Å². The third kappa shape index (κ3) is 6.87. The zero-order valence-corrected chi connectivity index (χ0v) is 14.6. The van der Waals surface area contributed by atoms with E-state index in [1.165, 1.54) is 0 Å². The molecule has 2 atom stereocenters. The first-order valence-corrected chi connectivity index (χ1v) is 9.28. The molecule has 0 aliphatic heterocycles. The van der Waals surface area contributed by atoms with Gasteiger partial charge in [-0.25, -0.2) is 0 Å². The van der Waals surface area contributed by atoms with E-state index >= 15 is 0 Å². The van der Waals surface area contributed by atoms with Crippen LogP contribution in [0.4, 0.5) is 0 Å². The third-order valence-corrected chi connectivity index (χ3v) is 5.30. The summed E-state index contributed by atoms with van der Waals surface area (Å²) in [5, 5.41) is 0. The summed E-state index contributed by atoms with van der Waals surface area (Å²) in [7, 11) is -3.39. The smallest absolute Gasteiger partial charge is 0.340 e. The first kappa shape index (κ1) is 19.6. The van der Waals surface area contributed by atoms with Crippen molar-refractivity contribution in [3.63, 3.8) is 0 Å². The van der Waals surface area contributed by atoms with Gasteiger partial charge in [0.05, 0.1) is 12.2 Å². The summed E-state index contributed by atoms with van der Waals surface area (Å²) in [6.45, 7) is 12.6. The van der Waals surface area contributed by atoms with E-state index in [-0.39, 0.29) is 24.3 Å². The van der Waals surface area contributed by atoms with Crippen LogP contribution >= 0.6 is 7.60 Å². The van der Waals surface area contributed by atoms with Crippen LogP contribution in [0.1, 0.15) is 54.4 Å². The number of nitrogens with zero attached hydrogens (tertiary/aromatic N) is 1. The molecule has 0 saturated heterocycles. The fraction of sp³-hybridized carbons (Fsp3) is 0.929. The average molecular weight is 307 g/mol. The molecule has 0 fully saturated rings. The minimum absolute atomic E-state index is 0.176. The van der Waals surface area contributed by atoms with Gasteiger partial charge in [0.15, 0.2) is 0 Å². The maximum atomic E-state index is 12.8. The molecule has 0 aromatic heterocycles. The molecule has 0 spiro atoms. The summed E-state index contributed by atoms with van der Waals surface area (Å²) in [6, 6.07) is 0. The Bertz CT molecular complexity index is 315. The van der Waals surface area contributed by atoms with Gasteiger partial charge >= 0.3 is 7.60 Å². The Morgan fingerprint density at radius 2 is 1.40 bits per heavy atom. The summed E-state index contributed by atoms with van der Waals surface area (Å²) in [6.07, 6.45) is 0.910. The van der Waals surface area contributed by atoms with Crippen molar-refractivity contribution >= 4 is 13.5 Å². The van der Waals surface area contributed by atoms with Gasteiger partial charge in [-0.3, -0.25) is 9.36 Å². The summed E-state index contributed by atoms with van der Waals surface area (Å²) < 4.78 is 23.9. The Balaban J connectivity index is 4.92. The van der Waals surface area contributed by atoms with Gasteiger partial charge in [-0.15, -0.1) is 0 Å². The number of rotatable bonds is 10. The summed E-state index contributed by atoms with van der Waals surface area (Å²) >= 11 is 0. The molecule has 5 nitrogen and oxygen atoms in total. The van der Waals surface area contributed by atoms with E-state index in [1.54, 1.807) is 4.90 Å². The highest BCUT2D eigenvalue weighted by Gasteiger charge is 2.33. The van der Waals surface area contributed by atoms with E-state index in [1.807, 2.05) is 41.5 Å². The molecule has 0 aromatic rings. The van der Waals surface area contributed by atoms with E-state index in [9.17, 15) is 9.36 Å². The van der Waals surface area contributed by atoms with Gasteiger partial charge in [0, 0.05) is 13.1 Å². The van der Waals surface area contributed by atoms with Crippen LogP contribution in [0.2, 0.25) is 0 Å². The summed E-state index contributed by atoms with van der Waals surface area (Å²) in [4.78, 5) is 13.8. The van der Waals surface area contributed by atoms with Crippen LogP contribution in [0, 0.1) is 0 Å². The largest absolute Gasteiger partial charge is 0.343 e. The molecule has 20 heavy (non-hydrogen) atoms. The molecule has 0 N–H and O–H groups in total. The molecule has 0 radical (unpaired) electrons. The van der Waals surface area contributed by atoms with Crippen LogP contribution in [0.3, 0.4) is 0 Å². The van der Waals surface area contributed by atoms with Crippen LogP contribution in [-0.2, 0) is 18.4 Å². The van der Waals surface area contributed by atoms with E-state index < -0.39 is 7.60 Å². The van der Waals surface area contributed by atoms with Crippen LogP contribution in [0.15, 0.2) is 0 Å². The summed E-state index contributed by atoms with van der Waals surface area (Å²) in [5.74, 6) is -0.176. The second-order valence-electron chi connectivity index (χ2n) is 4.98. The van der Waals surface area contributed by atoms with E-state index in [0.717, 1.165) is 12.8 Å². The molecule has 2 unspecified atom stereocenters. The number of carbonyl (C=O) groups excluding carboxylic acids is 1. The molecule has 6 heteroatoms. The number of hydrogen-bond donors (Lipinski definition) is 0. The van der Waals surface area contributed by atoms with E-state index in [4.69, 9.17) is 9.05 Å². The van der Waals surface area contributed by atoms with E-state index in [2.05, 4.69) is 0 Å². The Labute approximate surface area is 123 Å². The molecule has 0 aliphatic rings. The zero-order chi connectivity index (χ0) is 15.8. The first-order valence-electron chi connectivity index (χ1n) is 7.55. The van der Waals surface area contributed by atoms with Crippen LogP contribution in [-0.4, -0.2) is 42.3 Å². The van der Waals surface area contributed by atoms with Crippen molar-refractivity contribution < 1.29 is 18.4 Å². The van der Waals surface area contributed by atoms with Gasteiger partial charge in [0.25, 0.3) is 0 Å². The zero-order valence-electron chi connectivity index (χ0n) is 13.7. The van der Waals surface area contributed by atoms with Crippen LogP contribution in [0.25, 0.3) is 0 Å². The maximum Gasteiger partial charge on any atom is 0.340 e. The second-order valence-corrected chi connectivity index (χ2v) is 6.94. The van der Waals surface area contributed by atoms with Gasteiger partial charge < -0.3 is 13.9 Å². The van der Waals surface area contributed by atoms with Gasteiger partial charge in [-0.1, -0.05) is 13.8 Å². The molecule has 1 amide bonds. The number of hydrogen-bond acceptors (Lipinski definition) is 4. The summed E-state index contributed by atoms with van der Waals surface area (Å²) in [5.41, 5.74) is 0. The van der Waals surface area contributed by atoms with Gasteiger partial charge in [-0.2, -0.15) is 0 Å². The van der Waals surface area contributed by atoms with Crippen LogP contribution in [0.5, 0.6) is 0 Å². The highest BCUT2D eigenvalue weighted by Crippen LogP contribution is 2.51. The Morgan fingerprint density at radius 1 is 1.00 bits per heavy atom. The molecule has 120 valence electrons. The second kappa shape index (κ2) is 9.54. The van der Waals surface area contributed by atoms with E-state index in [0.29, 0.717) is 13.1 Å². The van der Waals surface area contributed by atoms with Crippen molar-refractivity contribution in [2.75, 3.05) is 19.3 Å². The lowest BCUT2D eigenvalue weighted by Crippen LogP contribution is -2.33. The standard InChI is InChI=1S/C14H30NO4P/c1-7-12(5)18-20(17,19-13(6)8-2)11-14(16)15(9-3)10-4/h12-13H,7-11H2,1-6H3. The lowest BCUT2D eigenvalue weighted by atomic mass is 10.3.